The molecule has 2 rings (SSSR count). The molecule has 0 amide bonds. The number of methoxy groups -OCH3 is 1. The molecule has 0 spiro atoms. The number of nitrogens with one attached hydrogen (secondary N) is 1. The summed E-state index contributed by atoms with van der Waals surface area (Å²) >= 11 is 0. The van der Waals surface area contributed by atoms with Gasteiger partial charge in [-0.05, 0) is 31.5 Å². The predicted molar refractivity (Wildman–Crippen MR) is 82.4 cm³/mol. The van der Waals surface area contributed by atoms with Crippen LogP contribution in [0.1, 0.15) is 24.0 Å². The van der Waals surface area contributed by atoms with Crippen molar-refractivity contribution in [3.05, 3.63) is 47.4 Å². The molecule has 0 aliphatic heterocycles. The maximum absolute atomic E-state index is 5.76. The fourth-order valence-electron chi connectivity index (χ4n) is 2.01. The third-order valence-corrected chi connectivity index (χ3v) is 2.84. The smallest absolute Gasteiger partial charge is 0.168 e. The molecule has 112 valence electrons. The number of rotatable bonds is 7. The van der Waals surface area contributed by atoms with Crippen LogP contribution in [0.15, 0.2) is 30.3 Å². The Labute approximate surface area is 125 Å². The van der Waals surface area contributed by atoms with Crippen LogP contribution in [0.3, 0.4) is 0 Å². The summed E-state index contributed by atoms with van der Waals surface area (Å²) in [5, 5.41) is 3.19. The van der Waals surface area contributed by atoms with E-state index in [2.05, 4.69) is 15.3 Å². The van der Waals surface area contributed by atoms with E-state index in [1.165, 1.54) is 0 Å². The highest BCUT2D eigenvalue weighted by molar-refractivity contribution is 5.35. The second-order valence-corrected chi connectivity index (χ2v) is 4.71. The van der Waals surface area contributed by atoms with Crippen LogP contribution in [0, 0.1) is 6.92 Å². The number of nitrogens with zero attached hydrogens (tertiary/aromatic N) is 2. The number of aryl methyl sites for hydroxylation is 1. The van der Waals surface area contributed by atoms with Crippen LogP contribution in [-0.2, 0) is 18.0 Å². The lowest BCUT2D eigenvalue weighted by Gasteiger charge is -2.09. The molecule has 0 fully saturated rings. The molecule has 0 radical (unpaired) electrons. The first-order valence-corrected chi connectivity index (χ1v) is 7.00. The summed E-state index contributed by atoms with van der Waals surface area (Å²) in [6.45, 7) is 5.73. The minimum atomic E-state index is 0.344. The van der Waals surface area contributed by atoms with Crippen molar-refractivity contribution in [3.63, 3.8) is 0 Å². The largest absolute Gasteiger partial charge is 0.486 e. The van der Waals surface area contributed by atoms with Gasteiger partial charge in [-0.15, -0.1) is 0 Å². The quantitative estimate of drug-likeness (QED) is 0.848. The molecular weight excluding hydrogens is 266 g/mol. The van der Waals surface area contributed by atoms with E-state index in [4.69, 9.17) is 9.47 Å². The van der Waals surface area contributed by atoms with Gasteiger partial charge in [-0.1, -0.05) is 12.1 Å². The minimum Gasteiger partial charge on any atom is -0.486 e. The molecule has 1 heterocycles. The Hall–Kier alpha value is -2.14. The Bertz CT molecular complexity index is 587. The van der Waals surface area contributed by atoms with Gasteiger partial charge in [0.15, 0.2) is 5.82 Å². The van der Waals surface area contributed by atoms with Gasteiger partial charge in [-0.3, -0.25) is 0 Å². The number of hydrogen-bond donors (Lipinski definition) is 1. The Morgan fingerprint density at radius 3 is 2.76 bits per heavy atom. The van der Waals surface area contributed by atoms with Crippen LogP contribution >= 0.6 is 0 Å². The Kier molecular flexibility index (Phi) is 5.51. The SMILES string of the molecule is CCNc1cc(C)nc(COc2cccc(COC)c2)n1. The van der Waals surface area contributed by atoms with E-state index in [1.807, 2.05) is 44.2 Å². The third kappa shape index (κ3) is 4.72. The monoisotopic (exact) mass is 287 g/mol. The van der Waals surface area contributed by atoms with Crippen molar-refractivity contribution in [2.24, 2.45) is 0 Å². The van der Waals surface area contributed by atoms with Gasteiger partial charge in [-0.25, -0.2) is 9.97 Å². The number of anilines is 1. The molecule has 1 N–H and O–H groups in total. The normalized spacial score (nSPS) is 10.4. The van der Waals surface area contributed by atoms with Crippen LogP contribution in [0.5, 0.6) is 5.75 Å². The average Bonchev–Trinajstić information content (AvgIpc) is 2.46. The molecular formula is C16H21N3O2. The van der Waals surface area contributed by atoms with Crippen molar-refractivity contribution in [2.75, 3.05) is 19.0 Å². The van der Waals surface area contributed by atoms with Crippen LogP contribution in [0.25, 0.3) is 0 Å². The van der Waals surface area contributed by atoms with Crippen molar-refractivity contribution in [2.45, 2.75) is 27.1 Å². The molecule has 0 saturated heterocycles. The highest BCUT2D eigenvalue weighted by Gasteiger charge is 2.04. The average molecular weight is 287 g/mol. The standard InChI is InChI=1S/C16H21N3O2/c1-4-17-15-8-12(2)18-16(19-15)11-21-14-7-5-6-13(9-14)10-20-3/h5-9H,4,10-11H2,1-3H3,(H,17,18,19). The summed E-state index contributed by atoms with van der Waals surface area (Å²) in [4.78, 5) is 8.81. The van der Waals surface area contributed by atoms with Crippen LogP contribution in [0.4, 0.5) is 5.82 Å². The Balaban J connectivity index is 2.03. The van der Waals surface area contributed by atoms with E-state index in [0.717, 1.165) is 29.4 Å². The zero-order valence-corrected chi connectivity index (χ0v) is 12.7. The van der Waals surface area contributed by atoms with Gasteiger partial charge in [0.1, 0.15) is 18.2 Å². The molecule has 5 heteroatoms. The zero-order chi connectivity index (χ0) is 15.1. The second-order valence-electron chi connectivity index (χ2n) is 4.71. The molecule has 0 atom stereocenters. The van der Waals surface area contributed by atoms with E-state index >= 15 is 0 Å². The molecule has 5 nitrogen and oxygen atoms in total. The van der Waals surface area contributed by atoms with Gasteiger partial charge >= 0.3 is 0 Å². The first kappa shape index (κ1) is 15.3. The zero-order valence-electron chi connectivity index (χ0n) is 12.7. The minimum absolute atomic E-state index is 0.344. The molecule has 21 heavy (non-hydrogen) atoms. The van der Waals surface area contributed by atoms with Crippen LogP contribution in [0.2, 0.25) is 0 Å². The Morgan fingerprint density at radius 1 is 1.14 bits per heavy atom. The second kappa shape index (κ2) is 7.59. The Morgan fingerprint density at radius 2 is 2.00 bits per heavy atom. The van der Waals surface area contributed by atoms with E-state index < -0.39 is 0 Å². The number of benzene rings is 1. The molecule has 1 aromatic heterocycles. The van der Waals surface area contributed by atoms with Crippen molar-refractivity contribution in [1.82, 2.24) is 9.97 Å². The maximum atomic E-state index is 5.76. The highest BCUT2D eigenvalue weighted by atomic mass is 16.5. The van der Waals surface area contributed by atoms with Crippen molar-refractivity contribution in [1.29, 1.82) is 0 Å². The molecule has 0 bridgehead atoms. The topological polar surface area (TPSA) is 56.3 Å². The van der Waals surface area contributed by atoms with Crippen LogP contribution < -0.4 is 10.1 Å². The van der Waals surface area contributed by atoms with E-state index in [1.54, 1.807) is 7.11 Å². The summed E-state index contributed by atoms with van der Waals surface area (Å²) in [5.41, 5.74) is 2.00. The van der Waals surface area contributed by atoms with Crippen molar-refractivity contribution >= 4 is 5.82 Å². The molecule has 0 saturated carbocycles. The summed E-state index contributed by atoms with van der Waals surface area (Å²) < 4.78 is 10.9. The molecule has 2 aromatic rings. The van der Waals surface area contributed by atoms with Crippen molar-refractivity contribution in [3.8, 4) is 5.75 Å². The van der Waals surface area contributed by atoms with Gasteiger partial charge in [0.25, 0.3) is 0 Å². The maximum Gasteiger partial charge on any atom is 0.168 e. The molecule has 0 unspecified atom stereocenters. The summed E-state index contributed by atoms with van der Waals surface area (Å²) in [6, 6.07) is 9.75. The third-order valence-electron chi connectivity index (χ3n) is 2.84. The number of ether oxygens (including phenoxy) is 2. The first-order chi connectivity index (χ1) is 10.2. The lowest BCUT2D eigenvalue weighted by atomic mass is 10.2. The lowest BCUT2D eigenvalue weighted by Crippen LogP contribution is -2.07. The number of aromatic nitrogens is 2. The van der Waals surface area contributed by atoms with Crippen molar-refractivity contribution < 1.29 is 9.47 Å². The molecule has 0 aliphatic carbocycles. The summed E-state index contributed by atoms with van der Waals surface area (Å²) in [5.74, 6) is 2.29. The van der Waals surface area contributed by atoms with Gasteiger partial charge in [0, 0.05) is 25.4 Å². The summed E-state index contributed by atoms with van der Waals surface area (Å²) in [6.07, 6.45) is 0. The van der Waals surface area contributed by atoms with Gasteiger partial charge in [-0.2, -0.15) is 0 Å². The fraction of sp³-hybridized carbons (Fsp3) is 0.375. The molecule has 0 aliphatic rings. The fourth-order valence-corrected chi connectivity index (χ4v) is 2.01. The first-order valence-electron chi connectivity index (χ1n) is 7.00. The van der Waals surface area contributed by atoms with E-state index in [0.29, 0.717) is 19.0 Å². The van der Waals surface area contributed by atoms with Gasteiger partial charge in [0.2, 0.25) is 0 Å². The van der Waals surface area contributed by atoms with Gasteiger partial charge < -0.3 is 14.8 Å². The predicted octanol–water partition coefficient (Wildman–Crippen LogP) is 2.94. The lowest BCUT2D eigenvalue weighted by molar-refractivity contribution is 0.184. The summed E-state index contributed by atoms with van der Waals surface area (Å²) in [7, 11) is 1.68. The van der Waals surface area contributed by atoms with E-state index in [9.17, 15) is 0 Å². The molecule has 1 aromatic carbocycles. The highest BCUT2D eigenvalue weighted by Crippen LogP contribution is 2.15. The number of hydrogen-bond acceptors (Lipinski definition) is 5. The van der Waals surface area contributed by atoms with Gasteiger partial charge in [0.05, 0.1) is 6.61 Å². The van der Waals surface area contributed by atoms with E-state index in [-0.39, 0.29) is 0 Å². The van der Waals surface area contributed by atoms with Crippen LogP contribution in [-0.4, -0.2) is 23.6 Å².